The van der Waals surface area contributed by atoms with Gasteiger partial charge in [0.2, 0.25) is 5.89 Å². The first-order chi connectivity index (χ1) is 7.84. The van der Waals surface area contributed by atoms with E-state index in [2.05, 4.69) is 57.1 Å². The molecule has 0 saturated carbocycles. The van der Waals surface area contributed by atoms with E-state index in [0.717, 1.165) is 18.7 Å². The van der Waals surface area contributed by atoms with Crippen LogP contribution in [0.2, 0.25) is 0 Å². The first kappa shape index (κ1) is 10.3. The molecule has 0 aliphatic heterocycles. The van der Waals surface area contributed by atoms with Crippen molar-refractivity contribution in [1.29, 1.82) is 0 Å². The highest BCUT2D eigenvalue weighted by atomic mass is 127. The van der Waals surface area contributed by atoms with Crippen molar-refractivity contribution in [3.8, 4) is 0 Å². The van der Waals surface area contributed by atoms with Crippen LogP contribution in [0.1, 0.15) is 35.8 Å². The highest BCUT2D eigenvalue weighted by Gasteiger charge is 2.25. The van der Waals surface area contributed by atoms with Gasteiger partial charge in [-0.3, -0.25) is 0 Å². The lowest BCUT2D eigenvalue weighted by Gasteiger charge is -2.22. The van der Waals surface area contributed by atoms with Crippen molar-refractivity contribution < 1.29 is 4.42 Å². The Labute approximate surface area is 107 Å². The molecule has 2 aromatic rings. The van der Waals surface area contributed by atoms with Gasteiger partial charge in [-0.1, -0.05) is 24.3 Å². The lowest BCUT2D eigenvalue weighted by atomic mass is 9.83. The monoisotopic (exact) mass is 326 g/mol. The van der Waals surface area contributed by atoms with E-state index in [1.807, 2.05) is 0 Å². The van der Waals surface area contributed by atoms with Gasteiger partial charge in [0, 0.05) is 22.6 Å². The number of nitrogens with zero attached hydrogens (tertiary/aromatic N) is 2. The van der Waals surface area contributed by atoms with Crippen LogP contribution in [0, 0.1) is 3.90 Å². The standard InChI is InChI=1S/C12H11IN2O/c13-12-15-14-11(16-12)10-7-3-5-8-4-1-2-6-9(8)10/h1-2,4,6,10H,3,5,7H2. The average molecular weight is 326 g/mol. The van der Waals surface area contributed by atoms with Crippen molar-refractivity contribution in [3.05, 3.63) is 45.2 Å². The van der Waals surface area contributed by atoms with Crippen molar-refractivity contribution in [2.45, 2.75) is 25.2 Å². The number of halogens is 1. The van der Waals surface area contributed by atoms with E-state index in [1.54, 1.807) is 0 Å². The number of hydrogen-bond donors (Lipinski definition) is 0. The molecular formula is C12H11IN2O. The zero-order valence-corrected chi connectivity index (χ0v) is 10.8. The van der Waals surface area contributed by atoms with Gasteiger partial charge in [-0.15, -0.1) is 10.2 Å². The lowest BCUT2D eigenvalue weighted by molar-refractivity contribution is 0.426. The maximum atomic E-state index is 5.54. The van der Waals surface area contributed by atoms with Gasteiger partial charge in [0.1, 0.15) is 0 Å². The molecule has 0 N–H and O–H groups in total. The van der Waals surface area contributed by atoms with Crippen molar-refractivity contribution in [2.75, 3.05) is 0 Å². The highest BCUT2D eigenvalue weighted by Crippen LogP contribution is 2.35. The summed E-state index contributed by atoms with van der Waals surface area (Å²) in [7, 11) is 0. The lowest BCUT2D eigenvalue weighted by Crippen LogP contribution is -2.11. The third-order valence-corrected chi connectivity index (χ3v) is 3.52. The van der Waals surface area contributed by atoms with Crippen LogP contribution < -0.4 is 0 Å². The molecule has 1 atom stereocenters. The number of aromatic nitrogens is 2. The Bertz CT molecular complexity index is 509. The molecule has 1 aliphatic carbocycles. The first-order valence-corrected chi connectivity index (χ1v) is 6.49. The van der Waals surface area contributed by atoms with Crippen LogP contribution in [-0.4, -0.2) is 10.2 Å². The maximum absolute atomic E-state index is 5.54. The molecule has 1 aromatic carbocycles. The van der Waals surface area contributed by atoms with Gasteiger partial charge in [-0.2, -0.15) is 0 Å². The fraction of sp³-hybridized carbons (Fsp3) is 0.333. The number of rotatable bonds is 1. The Kier molecular flexibility index (Phi) is 2.67. The van der Waals surface area contributed by atoms with E-state index < -0.39 is 0 Å². The Morgan fingerprint density at radius 2 is 2.12 bits per heavy atom. The molecule has 3 rings (SSSR count). The summed E-state index contributed by atoms with van der Waals surface area (Å²) in [6.07, 6.45) is 3.47. The van der Waals surface area contributed by atoms with Crippen LogP contribution >= 0.6 is 22.6 Å². The van der Waals surface area contributed by atoms with E-state index >= 15 is 0 Å². The summed E-state index contributed by atoms with van der Waals surface area (Å²) in [4.78, 5) is 0. The fourth-order valence-electron chi connectivity index (χ4n) is 2.37. The summed E-state index contributed by atoms with van der Waals surface area (Å²) >= 11 is 2.06. The Morgan fingerprint density at radius 3 is 2.94 bits per heavy atom. The van der Waals surface area contributed by atoms with Crippen molar-refractivity contribution in [1.82, 2.24) is 10.2 Å². The number of aryl methyl sites for hydroxylation is 1. The van der Waals surface area contributed by atoms with Gasteiger partial charge in [0.15, 0.2) is 0 Å². The van der Waals surface area contributed by atoms with Crippen LogP contribution in [0.3, 0.4) is 0 Å². The van der Waals surface area contributed by atoms with Crippen molar-refractivity contribution in [2.24, 2.45) is 0 Å². The van der Waals surface area contributed by atoms with E-state index in [9.17, 15) is 0 Å². The molecule has 1 heterocycles. The zero-order valence-electron chi connectivity index (χ0n) is 8.69. The van der Waals surface area contributed by atoms with Gasteiger partial charge >= 0.3 is 0 Å². The molecule has 0 saturated heterocycles. The van der Waals surface area contributed by atoms with Crippen LogP contribution in [0.4, 0.5) is 0 Å². The van der Waals surface area contributed by atoms with E-state index in [1.165, 1.54) is 17.5 Å². The SMILES string of the molecule is Ic1nnc(C2CCCc3ccccc32)o1. The molecule has 0 radical (unpaired) electrons. The summed E-state index contributed by atoms with van der Waals surface area (Å²) in [5, 5.41) is 8.05. The molecule has 82 valence electrons. The number of hydrogen-bond acceptors (Lipinski definition) is 3. The quantitative estimate of drug-likeness (QED) is 0.756. The second-order valence-corrected chi connectivity index (χ2v) is 4.96. The minimum Gasteiger partial charge on any atom is -0.416 e. The van der Waals surface area contributed by atoms with Crippen molar-refractivity contribution in [3.63, 3.8) is 0 Å². The molecule has 3 nitrogen and oxygen atoms in total. The smallest absolute Gasteiger partial charge is 0.278 e. The molecule has 1 aromatic heterocycles. The second-order valence-electron chi connectivity index (χ2n) is 4.04. The predicted molar refractivity (Wildman–Crippen MR) is 68.2 cm³/mol. The Balaban J connectivity index is 2.04. The van der Waals surface area contributed by atoms with Crippen LogP contribution in [0.5, 0.6) is 0 Å². The van der Waals surface area contributed by atoms with Crippen LogP contribution in [-0.2, 0) is 6.42 Å². The second kappa shape index (κ2) is 4.16. The van der Waals surface area contributed by atoms with E-state index in [4.69, 9.17) is 4.42 Å². The van der Waals surface area contributed by atoms with Gasteiger partial charge in [0.25, 0.3) is 3.90 Å². The summed E-state index contributed by atoms with van der Waals surface area (Å²) in [6, 6.07) is 8.55. The molecule has 0 bridgehead atoms. The summed E-state index contributed by atoms with van der Waals surface area (Å²) < 4.78 is 6.17. The molecule has 1 unspecified atom stereocenters. The number of fused-ring (bicyclic) bond motifs is 1. The Morgan fingerprint density at radius 1 is 1.25 bits per heavy atom. The zero-order chi connectivity index (χ0) is 11.0. The fourth-order valence-corrected chi connectivity index (χ4v) is 2.70. The van der Waals surface area contributed by atoms with E-state index in [0.29, 0.717) is 9.82 Å². The van der Waals surface area contributed by atoms with Crippen LogP contribution in [0.25, 0.3) is 0 Å². The molecule has 16 heavy (non-hydrogen) atoms. The third-order valence-electron chi connectivity index (χ3n) is 3.08. The number of benzene rings is 1. The molecular weight excluding hydrogens is 315 g/mol. The van der Waals surface area contributed by atoms with Gasteiger partial charge in [-0.05, 0) is 30.4 Å². The van der Waals surface area contributed by atoms with Gasteiger partial charge in [0.05, 0.1) is 5.92 Å². The molecule has 0 spiro atoms. The molecule has 0 amide bonds. The largest absolute Gasteiger partial charge is 0.416 e. The normalized spacial score (nSPS) is 19.4. The average Bonchev–Trinajstić information content (AvgIpc) is 2.75. The minimum absolute atomic E-state index is 0.293. The summed E-state index contributed by atoms with van der Waals surface area (Å²) in [6.45, 7) is 0. The molecule has 1 aliphatic rings. The Hall–Kier alpha value is -0.910. The molecule has 0 fully saturated rings. The van der Waals surface area contributed by atoms with Crippen LogP contribution in [0.15, 0.2) is 28.7 Å². The minimum atomic E-state index is 0.293. The summed E-state index contributed by atoms with van der Waals surface area (Å²) in [5.74, 6) is 1.05. The maximum Gasteiger partial charge on any atom is 0.278 e. The van der Waals surface area contributed by atoms with Gasteiger partial charge < -0.3 is 4.42 Å². The molecule has 4 heteroatoms. The predicted octanol–water partition coefficient (Wildman–Crippen LogP) is 3.14. The summed E-state index contributed by atoms with van der Waals surface area (Å²) in [5.41, 5.74) is 2.78. The van der Waals surface area contributed by atoms with E-state index in [-0.39, 0.29) is 0 Å². The topological polar surface area (TPSA) is 38.9 Å². The van der Waals surface area contributed by atoms with Crippen molar-refractivity contribution >= 4 is 22.6 Å². The highest BCUT2D eigenvalue weighted by molar-refractivity contribution is 14.1. The third kappa shape index (κ3) is 1.75. The first-order valence-electron chi connectivity index (χ1n) is 5.41. The van der Waals surface area contributed by atoms with Gasteiger partial charge in [-0.25, -0.2) is 0 Å².